The third kappa shape index (κ3) is 3.05. The number of nitrogens with two attached hydrogens (primary N) is 1. The Hall–Kier alpha value is -2.04. The molecule has 19 heavy (non-hydrogen) atoms. The fourth-order valence-corrected chi connectivity index (χ4v) is 1.83. The van der Waals surface area contributed by atoms with Crippen LogP contribution in [-0.4, -0.2) is 5.91 Å². The predicted molar refractivity (Wildman–Crippen MR) is 78.4 cm³/mol. The topological polar surface area (TPSA) is 67.2 Å². The number of hydrogen-bond acceptors (Lipinski definition) is 3. The van der Waals surface area contributed by atoms with Gasteiger partial charge >= 0.3 is 0 Å². The summed E-state index contributed by atoms with van der Waals surface area (Å²) in [4.78, 5) is 12.1. The second-order valence-corrected chi connectivity index (χ2v) is 4.50. The molecule has 0 aliphatic rings. The van der Waals surface area contributed by atoms with Gasteiger partial charge in [0.2, 0.25) is 0 Å². The summed E-state index contributed by atoms with van der Waals surface area (Å²) < 4.78 is 0. The maximum absolute atomic E-state index is 12.1. The van der Waals surface area contributed by atoms with Gasteiger partial charge in [-0.3, -0.25) is 10.6 Å². The summed E-state index contributed by atoms with van der Waals surface area (Å²) in [6, 6.07) is 12.3. The summed E-state index contributed by atoms with van der Waals surface area (Å²) in [6.45, 7) is 1.86. The molecule has 0 saturated heterocycles. The van der Waals surface area contributed by atoms with Crippen molar-refractivity contribution in [3.63, 3.8) is 0 Å². The van der Waals surface area contributed by atoms with Crippen molar-refractivity contribution < 1.29 is 4.79 Å². The number of nitrogen functional groups attached to an aromatic ring is 1. The van der Waals surface area contributed by atoms with Crippen LogP contribution >= 0.6 is 11.6 Å². The summed E-state index contributed by atoms with van der Waals surface area (Å²) in [6.07, 6.45) is 0. The number of hydrazine groups is 1. The van der Waals surface area contributed by atoms with E-state index in [4.69, 9.17) is 17.4 Å². The van der Waals surface area contributed by atoms with Crippen molar-refractivity contribution >= 4 is 28.9 Å². The molecule has 0 saturated carbocycles. The number of carbonyl (C=O) groups excluding carboxylic acids is 1. The molecular weight excluding hydrogens is 262 g/mol. The predicted octanol–water partition coefficient (Wildman–Crippen LogP) is 3.19. The standard InChI is InChI=1S/C14H14ClN3O/c1-9-12(15)3-2-4-13(9)17-14(19)10-5-7-11(18-16)8-6-10/h2-8,18H,16H2,1H3,(H,17,19). The van der Waals surface area contributed by atoms with E-state index >= 15 is 0 Å². The van der Waals surface area contributed by atoms with E-state index in [1.54, 1.807) is 36.4 Å². The van der Waals surface area contributed by atoms with Crippen LogP contribution in [0.15, 0.2) is 42.5 Å². The number of rotatable bonds is 3. The largest absolute Gasteiger partial charge is 0.324 e. The third-order valence-electron chi connectivity index (χ3n) is 2.83. The van der Waals surface area contributed by atoms with E-state index in [1.807, 2.05) is 13.0 Å². The maximum atomic E-state index is 12.1. The molecule has 98 valence electrons. The number of benzene rings is 2. The summed E-state index contributed by atoms with van der Waals surface area (Å²) in [5, 5.41) is 3.46. The fourth-order valence-electron chi connectivity index (χ4n) is 1.66. The van der Waals surface area contributed by atoms with Gasteiger partial charge in [0.15, 0.2) is 0 Å². The molecule has 2 aromatic rings. The number of halogens is 1. The average molecular weight is 276 g/mol. The van der Waals surface area contributed by atoms with Crippen molar-refractivity contribution in [1.29, 1.82) is 0 Å². The summed E-state index contributed by atoms with van der Waals surface area (Å²) >= 11 is 6.01. The lowest BCUT2D eigenvalue weighted by Gasteiger charge is -2.09. The van der Waals surface area contributed by atoms with E-state index in [9.17, 15) is 4.79 Å². The first kappa shape index (κ1) is 13.4. The molecule has 0 unspecified atom stereocenters. The van der Waals surface area contributed by atoms with Crippen LogP contribution in [0.4, 0.5) is 11.4 Å². The highest BCUT2D eigenvalue weighted by atomic mass is 35.5. The van der Waals surface area contributed by atoms with Gasteiger partial charge in [0.25, 0.3) is 5.91 Å². The highest BCUT2D eigenvalue weighted by Crippen LogP contribution is 2.23. The van der Waals surface area contributed by atoms with Crippen LogP contribution in [0.2, 0.25) is 5.02 Å². The zero-order valence-electron chi connectivity index (χ0n) is 10.4. The first-order valence-corrected chi connectivity index (χ1v) is 6.13. The molecule has 0 heterocycles. The first-order valence-electron chi connectivity index (χ1n) is 5.75. The Bertz CT molecular complexity index is 596. The Kier molecular flexibility index (Phi) is 4.04. The third-order valence-corrected chi connectivity index (χ3v) is 3.24. The molecule has 0 aliphatic heterocycles. The zero-order chi connectivity index (χ0) is 13.8. The van der Waals surface area contributed by atoms with Gasteiger partial charge in [-0.25, -0.2) is 0 Å². The van der Waals surface area contributed by atoms with Crippen molar-refractivity contribution in [2.45, 2.75) is 6.92 Å². The maximum Gasteiger partial charge on any atom is 0.255 e. The number of nitrogens with one attached hydrogen (secondary N) is 2. The highest BCUT2D eigenvalue weighted by Gasteiger charge is 2.08. The van der Waals surface area contributed by atoms with E-state index in [0.717, 1.165) is 11.3 Å². The summed E-state index contributed by atoms with van der Waals surface area (Å²) in [7, 11) is 0. The van der Waals surface area contributed by atoms with Crippen LogP contribution in [0.5, 0.6) is 0 Å². The van der Waals surface area contributed by atoms with Crippen LogP contribution in [0.1, 0.15) is 15.9 Å². The molecule has 0 aromatic heterocycles. The summed E-state index contributed by atoms with van der Waals surface area (Å²) in [5.41, 5.74) is 5.36. The van der Waals surface area contributed by atoms with Gasteiger partial charge in [0, 0.05) is 22.0 Å². The number of hydrogen-bond donors (Lipinski definition) is 3. The van der Waals surface area contributed by atoms with E-state index in [-0.39, 0.29) is 5.91 Å². The smallest absolute Gasteiger partial charge is 0.255 e. The first-order chi connectivity index (χ1) is 9.11. The molecule has 4 N–H and O–H groups in total. The SMILES string of the molecule is Cc1c(Cl)cccc1NC(=O)c1ccc(NN)cc1. The van der Waals surface area contributed by atoms with Gasteiger partial charge in [-0.15, -0.1) is 0 Å². The second kappa shape index (κ2) is 5.73. The molecule has 0 aliphatic carbocycles. The molecule has 2 aromatic carbocycles. The van der Waals surface area contributed by atoms with Crippen molar-refractivity contribution in [2.24, 2.45) is 5.84 Å². The van der Waals surface area contributed by atoms with Crippen molar-refractivity contribution in [3.8, 4) is 0 Å². The normalized spacial score (nSPS) is 10.1. The van der Waals surface area contributed by atoms with Crippen LogP contribution in [-0.2, 0) is 0 Å². The lowest BCUT2D eigenvalue weighted by atomic mass is 10.1. The molecule has 0 spiro atoms. The van der Waals surface area contributed by atoms with Gasteiger partial charge in [-0.2, -0.15) is 0 Å². The Morgan fingerprint density at radius 3 is 2.47 bits per heavy atom. The summed E-state index contributed by atoms with van der Waals surface area (Å²) in [5.74, 6) is 5.08. The Morgan fingerprint density at radius 2 is 1.84 bits per heavy atom. The zero-order valence-corrected chi connectivity index (χ0v) is 11.2. The van der Waals surface area contributed by atoms with Gasteiger partial charge in [0.05, 0.1) is 0 Å². The average Bonchev–Trinajstić information content (AvgIpc) is 2.44. The minimum Gasteiger partial charge on any atom is -0.324 e. The van der Waals surface area contributed by atoms with Crippen molar-refractivity contribution in [3.05, 3.63) is 58.6 Å². The van der Waals surface area contributed by atoms with E-state index in [2.05, 4.69) is 10.7 Å². The van der Waals surface area contributed by atoms with E-state index in [0.29, 0.717) is 16.3 Å². The Labute approximate surface area is 116 Å². The van der Waals surface area contributed by atoms with Crippen LogP contribution in [0.25, 0.3) is 0 Å². The van der Waals surface area contributed by atoms with Gasteiger partial charge in [-0.1, -0.05) is 17.7 Å². The Morgan fingerprint density at radius 1 is 1.16 bits per heavy atom. The van der Waals surface area contributed by atoms with Gasteiger partial charge < -0.3 is 10.7 Å². The molecule has 0 bridgehead atoms. The molecule has 0 fully saturated rings. The minimum absolute atomic E-state index is 0.186. The van der Waals surface area contributed by atoms with Gasteiger partial charge in [0.1, 0.15) is 0 Å². The van der Waals surface area contributed by atoms with E-state index in [1.165, 1.54) is 0 Å². The second-order valence-electron chi connectivity index (χ2n) is 4.09. The molecular formula is C14H14ClN3O. The minimum atomic E-state index is -0.186. The van der Waals surface area contributed by atoms with Crippen LogP contribution in [0, 0.1) is 6.92 Å². The molecule has 0 radical (unpaired) electrons. The monoisotopic (exact) mass is 275 g/mol. The molecule has 1 amide bonds. The van der Waals surface area contributed by atoms with Crippen molar-refractivity contribution in [1.82, 2.24) is 0 Å². The lowest BCUT2D eigenvalue weighted by Crippen LogP contribution is -2.13. The molecule has 5 heteroatoms. The number of anilines is 2. The van der Waals surface area contributed by atoms with Crippen molar-refractivity contribution in [2.75, 3.05) is 10.7 Å². The number of carbonyl (C=O) groups is 1. The lowest BCUT2D eigenvalue weighted by molar-refractivity contribution is 0.102. The molecule has 0 atom stereocenters. The number of amides is 1. The van der Waals surface area contributed by atoms with Gasteiger partial charge in [-0.05, 0) is 48.9 Å². The fraction of sp³-hybridized carbons (Fsp3) is 0.0714. The van der Waals surface area contributed by atoms with Crippen LogP contribution < -0.4 is 16.6 Å². The molecule has 4 nitrogen and oxygen atoms in total. The quantitative estimate of drug-likeness (QED) is 0.595. The molecule has 2 rings (SSSR count). The van der Waals surface area contributed by atoms with E-state index < -0.39 is 0 Å². The van der Waals surface area contributed by atoms with Crippen LogP contribution in [0.3, 0.4) is 0 Å². The highest BCUT2D eigenvalue weighted by molar-refractivity contribution is 6.31. The Balaban J connectivity index is 2.18.